The Morgan fingerprint density at radius 1 is 1.41 bits per heavy atom. The van der Waals surface area contributed by atoms with Gasteiger partial charge in [0, 0.05) is 25.9 Å². The van der Waals surface area contributed by atoms with Gasteiger partial charge >= 0.3 is 0 Å². The first-order valence-electron chi connectivity index (χ1n) is 9.03. The Hall–Kier alpha value is -2.36. The van der Waals surface area contributed by atoms with Crippen LogP contribution in [0.15, 0.2) is 18.2 Å². The standard InChI is InChI=1S/C18H26N6O3/c1-13-5-4-6-15(14(13)2)19-17(25)12-23-7-10-27-16(11-23)18-20-21-22-24(18)8-9-26-3/h4-6,16H,7-12H2,1-3H3,(H,19,25)/t16-/m1/s1. The molecule has 1 aromatic carbocycles. The summed E-state index contributed by atoms with van der Waals surface area (Å²) < 4.78 is 12.6. The molecule has 3 rings (SSSR count). The van der Waals surface area contributed by atoms with Gasteiger partial charge in [-0.1, -0.05) is 12.1 Å². The van der Waals surface area contributed by atoms with Gasteiger partial charge in [-0.2, -0.15) is 0 Å². The van der Waals surface area contributed by atoms with Crippen molar-refractivity contribution in [3.8, 4) is 0 Å². The van der Waals surface area contributed by atoms with Crippen LogP contribution in [0.25, 0.3) is 0 Å². The molecule has 0 aliphatic carbocycles. The summed E-state index contributed by atoms with van der Waals surface area (Å²) in [5.41, 5.74) is 3.10. The van der Waals surface area contributed by atoms with Crippen molar-refractivity contribution in [1.82, 2.24) is 25.1 Å². The number of benzene rings is 1. The van der Waals surface area contributed by atoms with Crippen molar-refractivity contribution < 1.29 is 14.3 Å². The molecule has 1 aromatic heterocycles. The predicted octanol–water partition coefficient (Wildman–Crippen LogP) is 0.948. The van der Waals surface area contributed by atoms with Crippen molar-refractivity contribution >= 4 is 11.6 Å². The van der Waals surface area contributed by atoms with Crippen LogP contribution in [-0.2, 0) is 20.8 Å². The number of hydrogen-bond acceptors (Lipinski definition) is 7. The molecule has 2 heterocycles. The molecule has 1 amide bonds. The molecule has 0 saturated carbocycles. The van der Waals surface area contributed by atoms with Gasteiger partial charge in [0.1, 0.15) is 6.10 Å². The summed E-state index contributed by atoms with van der Waals surface area (Å²) in [4.78, 5) is 14.5. The van der Waals surface area contributed by atoms with Crippen LogP contribution in [0.3, 0.4) is 0 Å². The van der Waals surface area contributed by atoms with E-state index in [-0.39, 0.29) is 12.0 Å². The van der Waals surface area contributed by atoms with Crippen LogP contribution in [0.1, 0.15) is 23.1 Å². The molecule has 1 N–H and O–H groups in total. The quantitative estimate of drug-likeness (QED) is 0.771. The van der Waals surface area contributed by atoms with Crippen LogP contribution in [0.4, 0.5) is 5.69 Å². The van der Waals surface area contributed by atoms with E-state index in [0.29, 0.717) is 45.2 Å². The lowest BCUT2D eigenvalue weighted by Gasteiger charge is -2.31. The lowest BCUT2D eigenvalue weighted by molar-refractivity contribution is -0.119. The molecule has 146 valence electrons. The van der Waals surface area contributed by atoms with Gasteiger partial charge in [0.2, 0.25) is 5.91 Å². The maximum absolute atomic E-state index is 12.5. The molecule has 1 aliphatic rings. The molecule has 0 unspecified atom stereocenters. The van der Waals surface area contributed by atoms with Crippen LogP contribution >= 0.6 is 0 Å². The number of carbonyl (C=O) groups is 1. The minimum atomic E-state index is -0.265. The normalized spacial score (nSPS) is 17.8. The van der Waals surface area contributed by atoms with Gasteiger partial charge in [0.15, 0.2) is 5.82 Å². The highest BCUT2D eigenvalue weighted by atomic mass is 16.5. The third-order valence-electron chi connectivity index (χ3n) is 4.75. The summed E-state index contributed by atoms with van der Waals surface area (Å²) in [5.74, 6) is 0.620. The molecule has 9 nitrogen and oxygen atoms in total. The summed E-state index contributed by atoms with van der Waals surface area (Å²) in [7, 11) is 1.64. The number of aryl methyl sites for hydroxylation is 1. The Bertz CT molecular complexity index is 778. The van der Waals surface area contributed by atoms with Crippen LogP contribution < -0.4 is 5.32 Å². The number of carbonyl (C=O) groups excluding carboxylic acids is 1. The smallest absolute Gasteiger partial charge is 0.238 e. The lowest BCUT2D eigenvalue weighted by Crippen LogP contribution is -2.43. The topological polar surface area (TPSA) is 94.4 Å². The second-order valence-corrected chi connectivity index (χ2v) is 6.64. The van der Waals surface area contributed by atoms with E-state index in [1.54, 1.807) is 11.8 Å². The number of aromatic nitrogens is 4. The fourth-order valence-corrected chi connectivity index (χ4v) is 3.06. The average molecular weight is 374 g/mol. The minimum Gasteiger partial charge on any atom is -0.383 e. The molecular weight excluding hydrogens is 348 g/mol. The Kier molecular flexibility index (Phi) is 6.49. The molecule has 27 heavy (non-hydrogen) atoms. The molecule has 0 bridgehead atoms. The van der Waals surface area contributed by atoms with Crippen LogP contribution in [0, 0.1) is 13.8 Å². The highest BCUT2D eigenvalue weighted by Gasteiger charge is 2.27. The monoisotopic (exact) mass is 374 g/mol. The zero-order valence-corrected chi connectivity index (χ0v) is 16.0. The summed E-state index contributed by atoms with van der Waals surface area (Å²) in [6.45, 7) is 7.20. The summed E-state index contributed by atoms with van der Waals surface area (Å²) >= 11 is 0. The van der Waals surface area contributed by atoms with Gasteiger partial charge in [0.05, 0.1) is 26.3 Å². The Morgan fingerprint density at radius 2 is 2.26 bits per heavy atom. The van der Waals surface area contributed by atoms with Crippen molar-refractivity contribution in [3.05, 3.63) is 35.2 Å². The largest absolute Gasteiger partial charge is 0.383 e. The number of tetrazole rings is 1. The zero-order valence-electron chi connectivity index (χ0n) is 16.0. The number of morpholine rings is 1. The molecule has 1 atom stereocenters. The number of methoxy groups -OCH3 is 1. The highest BCUT2D eigenvalue weighted by Crippen LogP contribution is 2.21. The number of amides is 1. The van der Waals surface area contributed by atoms with Crippen molar-refractivity contribution in [2.45, 2.75) is 26.5 Å². The summed E-state index contributed by atoms with van der Waals surface area (Å²) in [6, 6.07) is 5.90. The van der Waals surface area contributed by atoms with Crippen LogP contribution in [0.2, 0.25) is 0 Å². The second-order valence-electron chi connectivity index (χ2n) is 6.64. The van der Waals surface area contributed by atoms with Crippen molar-refractivity contribution in [2.24, 2.45) is 0 Å². The molecule has 2 aromatic rings. The van der Waals surface area contributed by atoms with Gasteiger partial charge in [0.25, 0.3) is 0 Å². The maximum atomic E-state index is 12.5. The van der Waals surface area contributed by atoms with E-state index < -0.39 is 0 Å². The molecule has 9 heteroatoms. The van der Waals surface area contributed by atoms with E-state index >= 15 is 0 Å². The first-order chi connectivity index (χ1) is 13.1. The average Bonchev–Trinajstić information content (AvgIpc) is 3.12. The fourth-order valence-electron chi connectivity index (χ4n) is 3.06. The van der Waals surface area contributed by atoms with E-state index in [0.717, 1.165) is 16.8 Å². The molecule has 1 saturated heterocycles. The van der Waals surface area contributed by atoms with Crippen LogP contribution in [0.5, 0.6) is 0 Å². The van der Waals surface area contributed by atoms with Crippen molar-refractivity contribution in [3.63, 3.8) is 0 Å². The molecule has 0 spiro atoms. The van der Waals surface area contributed by atoms with Crippen molar-refractivity contribution in [1.29, 1.82) is 0 Å². The van der Waals surface area contributed by atoms with Gasteiger partial charge in [-0.15, -0.1) is 5.10 Å². The lowest BCUT2D eigenvalue weighted by atomic mass is 10.1. The van der Waals surface area contributed by atoms with Gasteiger partial charge in [-0.05, 0) is 41.5 Å². The Labute approximate surface area is 158 Å². The third kappa shape index (κ3) is 4.88. The van der Waals surface area contributed by atoms with E-state index in [1.807, 2.05) is 32.0 Å². The van der Waals surface area contributed by atoms with E-state index in [4.69, 9.17) is 9.47 Å². The van der Waals surface area contributed by atoms with Gasteiger partial charge < -0.3 is 14.8 Å². The van der Waals surface area contributed by atoms with Crippen LogP contribution in [-0.4, -0.2) is 71.0 Å². The number of ether oxygens (including phenoxy) is 2. The van der Waals surface area contributed by atoms with Gasteiger partial charge in [-0.25, -0.2) is 4.68 Å². The predicted molar refractivity (Wildman–Crippen MR) is 99.4 cm³/mol. The third-order valence-corrected chi connectivity index (χ3v) is 4.75. The van der Waals surface area contributed by atoms with E-state index in [9.17, 15) is 4.79 Å². The highest BCUT2D eigenvalue weighted by molar-refractivity contribution is 5.93. The Balaban J connectivity index is 1.59. The molecule has 1 aliphatic heterocycles. The SMILES string of the molecule is COCCn1nnnc1[C@H]1CN(CC(=O)Nc2cccc(C)c2C)CCO1. The van der Waals surface area contributed by atoms with E-state index in [1.165, 1.54) is 0 Å². The number of anilines is 1. The maximum Gasteiger partial charge on any atom is 0.238 e. The molecular formula is C18H26N6O3. The second kappa shape index (κ2) is 9.03. The number of nitrogens with zero attached hydrogens (tertiary/aromatic N) is 5. The fraction of sp³-hybridized carbons (Fsp3) is 0.556. The number of nitrogens with one attached hydrogen (secondary N) is 1. The number of hydrogen-bond donors (Lipinski definition) is 1. The first-order valence-corrected chi connectivity index (χ1v) is 9.03. The molecule has 0 radical (unpaired) electrons. The summed E-state index contributed by atoms with van der Waals surface area (Å²) in [5, 5.41) is 14.8. The number of rotatable bonds is 7. The van der Waals surface area contributed by atoms with Gasteiger partial charge in [-0.3, -0.25) is 9.69 Å². The van der Waals surface area contributed by atoms with E-state index in [2.05, 4.69) is 25.7 Å². The summed E-state index contributed by atoms with van der Waals surface area (Å²) in [6.07, 6.45) is -0.265. The molecule has 1 fully saturated rings. The van der Waals surface area contributed by atoms with Crippen molar-refractivity contribution in [2.75, 3.05) is 45.3 Å². The Morgan fingerprint density at radius 3 is 3.07 bits per heavy atom. The zero-order chi connectivity index (χ0) is 19.2. The first kappa shape index (κ1) is 19.4. The minimum absolute atomic E-state index is 0.0386.